The van der Waals surface area contributed by atoms with Crippen LogP contribution in [0.1, 0.15) is 52.9 Å². The molecule has 0 heterocycles. The van der Waals surface area contributed by atoms with Gasteiger partial charge in [-0.2, -0.15) is 0 Å². The van der Waals surface area contributed by atoms with Crippen molar-refractivity contribution in [2.24, 2.45) is 11.8 Å². The van der Waals surface area contributed by atoms with Gasteiger partial charge in [-0.3, -0.25) is 9.59 Å². The Labute approximate surface area is 121 Å². The monoisotopic (exact) mass is 285 g/mol. The van der Waals surface area contributed by atoms with Crippen molar-refractivity contribution >= 4 is 11.9 Å². The molecule has 0 bridgehead atoms. The molecule has 3 unspecified atom stereocenters. The Morgan fingerprint density at radius 3 is 2.60 bits per heavy atom. The van der Waals surface area contributed by atoms with Crippen molar-refractivity contribution in [1.29, 1.82) is 0 Å². The molecule has 116 valence electrons. The number of carbonyl (C=O) groups excluding carboxylic acids is 1. The third kappa shape index (κ3) is 5.49. The lowest BCUT2D eigenvalue weighted by atomic mass is 9.85. The molecule has 0 aliphatic heterocycles. The van der Waals surface area contributed by atoms with Crippen LogP contribution in [0.15, 0.2) is 0 Å². The predicted octanol–water partition coefficient (Wildman–Crippen LogP) is 2.20. The van der Waals surface area contributed by atoms with E-state index in [0.29, 0.717) is 25.4 Å². The Balaban J connectivity index is 2.53. The number of carboxylic acid groups (broad SMARTS) is 1. The Kier molecular flexibility index (Phi) is 6.99. The number of hydrogen-bond donors (Lipinski definition) is 2. The van der Waals surface area contributed by atoms with E-state index < -0.39 is 12.0 Å². The second kappa shape index (κ2) is 8.25. The molecule has 1 aliphatic carbocycles. The molecule has 1 aliphatic rings. The first-order valence-electron chi connectivity index (χ1n) is 7.59. The predicted molar refractivity (Wildman–Crippen MR) is 76.4 cm³/mol. The maximum absolute atomic E-state index is 11.8. The summed E-state index contributed by atoms with van der Waals surface area (Å²) in [7, 11) is 0. The van der Waals surface area contributed by atoms with Crippen LogP contribution in [0, 0.1) is 11.8 Å². The topological polar surface area (TPSA) is 75.6 Å². The molecule has 1 saturated carbocycles. The molecule has 0 radical (unpaired) electrons. The van der Waals surface area contributed by atoms with Crippen LogP contribution in [-0.2, 0) is 14.3 Å². The molecule has 0 spiro atoms. The van der Waals surface area contributed by atoms with Crippen LogP contribution >= 0.6 is 0 Å². The Bertz CT molecular complexity index is 330. The van der Waals surface area contributed by atoms with Gasteiger partial charge < -0.3 is 15.2 Å². The minimum absolute atomic E-state index is 0.0882. The van der Waals surface area contributed by atoms with Crippen LogP contribution in [-0.4, -0.2) is 35.7 Å². The van der Waals surface area contributed by atoms with Crippen molar-refractivity contribution in [2.75, 3.05) is 6.61 Å². The molecule has 0 aromatic carbocycles. The van der Waals surface area contributed by atoms with Gasteiger partial charge >= 0.3 is 11.9 Å². The van der Waals surface area contributed by atoms with E-state index in [-0.39, 0.29) is 17.9 Å². The third-order valence-corrected chi connectivity index (χ3v) is 3.74. The van der Waals surface area contributed by atoms with Crippen molar-refractivity contribution in [3.8, 4) is 0 Å². The summed E-state index contributed by atoms with van der Waals surface area (Å²) in [5.74, 6) is -0.713. The highest BCUT2D eigenvalue weighted by molar-refractivity contribution is 5.74. The zero-order chi connectivity index (χ0) is 15.1. The fourth-order valence-electron chi connectivity index (χ4n) is 2.81. The zero-order valence-corrected chi connectivity index (χ0v) is 12.7. The van der Waals surface area contributed by atoms with Gasteiger partial charge in [0.25, 0.3) is 0 Å². The largest absolute Gasteiger partial charge is 0.480 e. The molecule has 20 heavy (non-hydrogen) atoms. The van der Waals surface area contributed by atoms with Gasteiger partial charge in [0.15, 0.2) is 0 Å². The highest BCUT2D eigenvalue weighted by Gasteiger charge is 2.31. The fourth-order valence-corrected chi connectivity index (χ4v) is 2.81. The van der Waals surface area contributed by atoms with Gasteiger partial charge in [0.2, 0.25) is 0 Å². The van der Waals surface area contributed by atoms with Crippen LogP contribution in [0.4, 0.5) is 0 Å². The van der Waals surface area contributed by atoms with E-state index in [2.05, 4.69) is 5.32 Å². The SMILES string of the molecule is CCOC(=O)C1CCCC(NC(CC(C)C)C(=O)O)C1. The van der Waals surface area contributed by atoms with E-state index in [9.17, 15) is 14.7 Å². The number of esters is 1. The van der Waals surface area contributed by atoms with E-state index in [1.165, 1.54) is 0 Å². The first-order valence-corrected chi connectivity index (χ1v) is 7.59. The van der Waals surface area contributed by atoms with Crippen LogP contribution in [0.2, 0.25) is 0 Å². The summed E-state index contributed by atoms with van der Waals surface area (Å²) in [6, 6.07) is -0.432. The molecule has 0 aromatic heterocycles. The normalized spacial score (nSPS) is 24.4. The number of rotatable bonds is 7. The van der Waals surface area contributed by atoms with Crippen LogP contribution in [0.3, 0.4) is 0 Å². The van der Waals surface area contributed by atoms with E-state index in [4.69, 9.17) is 4.74 Å². The maximum atomic E-state index is 11.8. The zero-order valence-electron chi connectivity index (χ0n) is 12.7. The molecule has 0 aromatic rings. The van der Waals surface area contributed by atoms with Gasteiger partial charge in [0.1, 0.15) is 6.04 Å². The molecular formula is C15H27NO4. The first-order chi connectivity index (χ1) is 9.43. The minimum Gasteiger partial charge on any atom is -0.480 e. The lowest BCUT2D eigenvalue weighted by molar-refractivity contribution is -0.149. The van der Waals surface area contributed by atoms with Gasteiger partial charge in [0.05, 0.1) is 12.5 Å². The summed E-state index contributed by atoms with van der Waals surface area (Å²) in [4.78, 5) is 23.0. The highest BCUT2D eigenvalue weighted by Crippen LogP contribution is 2.26. The van der Waals surface area contributed by atoms with Crippen molar-refractivity contribution in [3.63, 3.8) is 0 Å². The summed E-state index contributed by atoms with van der Waals surface area (Å²) in [5.41, 5.74) is 0. The lowest BCUT2D eigenvalue weighted by Gasteiger charge is -2.31. The van der Waals surface area contributed by atoms with Crippen LogP contribution in [0.25, 0.3) is 0 Å². The van der Waals surface area contributed by atoms with Crippen molar-refractivity contribution in [3.05, 3.63) is 0 Å². The van der Waals surface area contributed by atoms with Gasteiger partial charge in [-0.05, 0) is 38.5 Å². The molecule has 2 N–H and O–H groups in total. The Hall–Kier alpha value is -1.10. The molecule has 5 heteroatoms. The van der Waals surface area contributed by atoms with E-state index in [1.54, 1.807) is 6.92 Å². The molecule has 1 rings (SSSR count). The Morgan fingerprint density at radius 1 is 1.35 bits per heavy atom. The third-order valence-electron chi connectivity index (χ3n) is 3.74. The number of carboxylic acids is 1. The van der Waals surface area contributed by atoms with Gasteiger partial charge in [-0.15, -0.1) is 0 Å². The second-order valence-electron chi connectivity index (χ2n) is 6.00. The minimum atomic E-state index is -0.808. The van der Waals surface area contributed by atoms with Crippen LogP contribution in [0.5, 0.6) is 0 Å². The van der Waals surface area contributed by atoms with Gasteiger partial charge in [-0.25, -0.2) is 0 Å². The Morgan fingerprint density at radius 2 is 2.05 bits per heavy atom. The summed E-state index contributed by atoms with van der Waals surface area (Å²) >= 11 is 0. The number of aliphatic carboxylic acids is 1. The maximum Gasteiger partial charge on any atom is 0.320 e. The summed E-state index contributed by atoms with van der Waals surface area (Å²) in [5, 5.41) is 12.5. The quantitative estimate of drug-likeness (QED) is 0.701. The molecule has 0 amide bonds. The highest BCUT2D eigenvalue weighted by atomic mass is 16.5. The number of hydrogen-bond acceptors (Lipinski definition) is 4. The van der Waals surface area contributed by atoms with Crippen molar-refractivity contribution in [1.82, 2.24) is 5.32 Å². The fraction of sp³-hybridized carbons (Fsp3) is 0.867. The van der Waals surface area contributed by atoms with Crippen LogP contribution < -0.4 is 5.32 Å². The smallest absolute Gasteiger partial charge is 0.320 e. The van der Waals surface area contributed by atoms with Crippen molar-refractivity contribution < 1.29 is 19.4 Å². The van der Waals surface area contributed by atoms with E-state index >= 15 is 0 Å². The van der Waals surface area contributed by atoms with Gasteiger partial charge in [0, 0.05) is 6.04 Å². The molecular weight excluding hydrogens is 258 g/mol. The number of nitrogens with one attached hydrogen (secondary N) is 1. The average Bonchev–Trinajstić information content (AvgIpc) is 2.38. The summed E-state index contributed by atoms with van der Waals surface area (Å²) < 4.78 is 5.06. The number of carbonyl (C=O) groups is 2. The summed E-state index contributed by atoms with van der Waals surface area (Å²) in [6.45, 7) is 6.23. The standard InChI is InChI=1S/C15H27NO4/c1-4-20-15(19)11-6-5-7-12(9-11)16-13(14(17)18)8-10(2)3/h10-13,16H,4-9H2,1-3H3,(H,17,18). The van der Waals surface area contributed by atoms with E-state index in [1.807, 2.05) is 13.8 Å². The summed E-state index contributed by atoms with van der Waals surface area (Å²) in [6.07, 6.45) is 4.00. The molecule has 3 atom stereocenters. The average molecular weight is 285 g/mol. The molecule has 5 nitrogen and oxygen atoms in total. The van der Waals surface area contributed by atoms with Gasteiger partial charge in [-0.1, -0.05) is 20.3 Å². The molecule has 0 saturated heterocycles. The number of ether oxygens (including phenoxy) is 1. The molecule has 1 fully saturated rings. The first kappa shape index (κ1) is 17.0. The van der Waals surface area contributed by atoms with E-state index in [0.717, 1.165) is 19.3 Å². The lowest BCUT2D eigenvalue weighted by Crippen LogP contribution is -2.46. The van der Waals surface area contributed by atoms with Crippen molar-refractivity contribution in [2.45, 2.75) is 65.0 Å². The second-order valence-corrected chi connectivity index (χ2v) is 6.00.